The molecule has 0 bridgehead atoms. The molecule has 0 aliphatic heterocycles. The minimum absolute atomic E-state index is 0.00994. The molecule has 0 saturated heterocycles. The van der Waals surface area contributed by atoms with Gasteiger partial charge in [0.2, 0.25) is 11.3 Å². The lowest BCUT2D eigenvalue weighted by molar-refractivity contribution is 0.429. The van der Waals surface area contributed by atoms with E-state index in [-0.39, 0.29) is 17.0 Å². The minimum atomic E-state index is -0.353. The number of nitriles is 1. The van der Waals surface area contributed by atoms with E-state index in [1.54, 1.807) is 48.5 Å². The molecule has 2 aromatic carbocycles. The number of nitrogens with zero attached hydrogens (tertiary/aromatic N) is 5. The SMILES string of the molecule is N#Cc1cccc(-n2ccc(=O)c(-c3nc(-c4ccc(Cl)cc4)no3)n2)c1. The predicted octanol–water partition coefficient (Wildman–Crippen LogP) is 3.47. The molecule has 0 aliphatic rings. The van der Waals surface area contributed by atoms with E-state index in [9.17, 15) is 4.79 Å². The summed E-state index contributed by atoms with van der Waals surface area (Å²) in [6.45, 7) is 0. The van der Waals surface area contributed by atoms with Gasteiger partial charge in [-0.3, -0.25) is 4.79 Å². The number of hydrogen-bond donors (Lipinski definition) is 0. The monoisotopic (exact) mass is 375 g/mol. The van der Waals surface area contributed by atoms with Crippen LogP contribution < -0.4 is 5.43 Å². The van der Waals surface area contributed by atoms with Gasteiger partial charge in [0.15, 0.2) is 5.69 Å². The van der Waals surface area contributed by atoms with Crippen molar-refractivity contribution in [3.05, 3.63) is 81.6 Å². The molecule has 8 heteroatoms. The molecule has 0 amide bonds. The molecule has 4 rings (SSSR count). The summed E-state index contributed by atoms with van der Waals surface area (Å²) < 4.78 is 6.71. The molecule has 0 fully saturated rings. The minimum Gasteiger partial charge on any atom is -0.332 e. The van der Waals surface area contributed by atoms with Crippen LogP contribution in [0.4, 0.5) is 0 Å². The summed E-state index contributed by atoms with van der Waals surface area (Å²) in [7, 11) is 0. The number of hydrogen-bond acceptors (Lipinski definition) is 6. The Balaban J connectivity index is 1.75. The van der Waals surface area contributed by atoms with Gasteiger partial charge in [-0.1, -0.05) is 22.8 Å². The molecule has 7 nitrogen and oxygen atoms in total. The standard InChI is InChI=1S/C19H10ClN5O2/c20-14-6-4-13(5-7-14)18-22-19(27-24-18)17-16(26)8-9-25(23-17)15-3-1-2-12(10-15)11-21/h1-10H. The van der Waals surface area contributed by atoms with Gasteiger partial charge in [0.1, 0.15) is 0 Å². The molecule has 27 heavy (non-hydrogen) atoms. The van der Waals surface area contributed by atoms with Crippen LogP contribution in [0, 0.1) is 11.3 Å². The summed E-state index contributed by atoms with van der Waals surface area (Å²) in [5, 5.41) is 17.8. The van der Waals surface area contributed by atoms with Crippen LogP contribution in [0.3, 0.4) is 0 Å². The van der Waals surface area contributed by atoms with Crippen molar-refractivity contribution in [1.29, 1.82) is 5.26 Å². The van der Waals surface area contributed by atoms with E-state index in [1.165, 1.54) is 16.9 Å². The number of benzene rings is 2. The molecule has 0 unspecified atom stereocenters. The Morgan fingerprint density at radius 3 is 2.70 bits per heavy atom. The van der Waals surface area contributed by atoms with Gasteiger partial charge in [0, 0.05) is 22.8 Å². The Morgan fingerprint density at radius 1 is 1.11 bits per heavy atom. The van der Waals surface area contributed by atoms with Crippen LogP contribution in [0.25, 0.3) is 28.7 Å². The van der Waals surface area contributed by atoms with Crippen LogP contribution in [-0.2, 0) is 0 Å². The molecule has 0 aliphatic carbocycles. The van der Waals surface area contributed by atoms with E-state index >= 15 is 0 Å². The van der Waals surface area contributed by atoms with Crippen LogP contribution >= 0.6 is 11.6 Å². The lowest BCUT2D eigenvalue weighted by Gasteiger charge is -2.05. The molecular formula is C19H10ClN5O2. The van der Waals surface area contributed by atoms with Gasteiger partial charge in [-0.2, -0.15) is 15.3 Å². The summed E-state index contributed by atoms with van der Waals surface area (Å²) in [6, 6.07) is 17.2. The van der Waals surface area contributed by atoms with Gasteiger partial charge in [-0.25, -0.2) is 4.68 Å². The average molecular weight is 376 g/mol. The van der Waals surface area contributed by atoms with Crippen LogP contribution in [0.15, 0.2) is 70.1 Å². The lowest BCUT2D eigenvalue weighted by Crippen LogP contribution is -2.12. The fraction of sp³-hybridized carbons (Fsp3) is 0. The summed E-state index contributed by atoms with van der Waals surface area (Å²) in [6.07, 6.45) is 1.51. The van der Waals surface area contributed by atoms with Crippen molar-refractivity contribution in [3.63, 3.8) is 0 Å². The normalized spacial score (nSPS) is 10.5. The molecule has 2 aromatic heterocycles. The van der Waals surface area contributed by atoms with Crippen LogP contribution in [-0.4, -0.2) is 19.9 Å². The maximum Gasteiger partial charge on any atom is 0.282 e. The molecule has 0 atom stereocenters. The summed E-state index contributed by atoms with van der Waals surface area (Å²) >= 11 is 5.88. The molecule has 2 heterocycles. The highest BCUT2D eigenvalue weighted by Gasteiger charge is 2.16. The van der Waals surface area contributed by atoms with E-state index in [2.05, 4.69) is 21.3 Å². The van der Waals surface area contributed by atoms with Crippen molar-refractivity contribution in [2.75, 3.05) is 0 Å². The Hall–Kier alpha value is -3.76. The Bertz CT molecular complexity index is 1220. The fourth-order valence-corrected chi connectivity index (χ4v) is 2.58. The van der Waals surface area contributed by atoms with E-state index in [4.69, 9.17) is 21.4 Å². The van der Waals surface area contributed by atoms with Crippen LogP contribution in [0.1, 0.15) is 5.56 Å². The molecule has 0 saturated carbocycles. The van der Waals surface area contributed by atoms with Crippen molar-refractivity contribution in [1.82, 2.24) is 19.9 Å². The highest BCUT2D eigenvalue weighted by Crippen LogP contribution is 2.21. The second-order valence-corrected chi connectivity index (χ2v) is 6.00. The smallest absolute Gasteiger partial charge is 0.282 e. The van der Waals surface area contributed by atoms with Crippen molar-refractivity contribution < 1.29 is 4.52 Å². The second-order valence-electron chi connectivity index (χ2n) is 5.57. The van der Waals surface area contributed by atoms with E-state index in [0.29, 0.717) is 27.7 Å². The van der Waals surface area contributed by atoms with Crippen molar-refractivity contribution in [2.45, 2.75) is 0 Å². The molecule has 130 valence electrons. The summed E-state index contributed by atoms with van der Waals surface area (Å²) in [5.74, 6) is 0.334. The zero-order valence-electron chi connectivity index (χ0n) is 13.7. The molecule has 0 N–H and O–H groups in total. The first-order valence-corrected chi connectivity index (χ1v) is 8.22. The molecular weight excluding hydrogens is 366 g/mol. The first-order valence-electron chi connectivity index (χ1n) is 7.84. The van der Waals surface area contributed by atoms with E-state index in [1.807, 2.05) is 0 Å². The van der Waals surface area contributed by atoms with Gasteiger partial charge in [0.05, 0.1) is 17.3 Å². The van der Waals surface area contributed by atoms with E-state index < -0.39 is 0 Å². The van der Waals surface area contributed by atoms with Gasteiger partial charge < -0.3 is 4.52 Å². The van der Waals surface area contributed by atoms with Gasteiger partial charge in [0.25, 0.3) is 5.89 Å². The Morgan fingerprint density at radius 2 is 1.93 bits per heavy atom. The largest absolute Gasteiger partial charge is 0.332 e. The number of halogens is 1. The van der Waals surface area contributed by atoms with Crippen molar-refractivity contribution >= 4 is 11.6 Å². The van der Waals surface area contributed by atoms with Crippen LogP contribution in [0.5, 0.6) is 0 Å². The van der Waals surface area contributed by atoms with Crippen molar-refractivity contribution in [2.24, 2.45) is 0 Å². The second kappa shape index (κ2) is 6.86. The predicted molar refractivity (Wildman–Crippen MR) is 98.3 cm³/mol. The first-order chi connectivity index (χ1) is 13.1. The summed E-state index contributed by atoms with van der Waals surface area (Å²) in [5.41, 5.74) is 1.49. The molecule has 4 aromatic rings. The third-order valence-corrected chi connectivity index (χ3v) is 4.03. The zero-order valence-corrected chi connectivity index (χ0v) is 14.5. The Labute approximate surface area is 158 Å². The lowest BCUT2D eigenvalue weighted by atomic mass is 10.2. The Kier molecular flexibility index (Phi) is 4.24. The zero-order chi connectivity index (χ0) is 18.8. The topological polar surface area (TPSA) is 97.6 Å². The molecule has 0 spiro atoms. The van der Waals surface area contributed by atoms with Gasteiger partial charge >= 0.3 is 0 Å². The van der Waals surface area contributed by atoms with Gasteiger partial charge in [-0.15, -0.1) is 0 Å². The third-order valence-electron chi connectivity index (χ3n) is 3.78. The fourth-order valence-electron chi connectivity index (χ4n) is 2.45. The number of aromatic nitrogens is 4. The third kappa shape index (κ3) is 3.34. The number of rotatable bonds is 3. The maximum absolute atomic E-state index is 12.2. The van der Waals surface area contributed by atoms with E-state index in [0.717, 1.165) is 0 Å². The highest BCUT2D eigenvalue weighted by atomic mass is 35.5. The van der Waals surface area contributed by atoms with Crippen LogP contribution in [0.2, 0.25) is 5.02 Å². The van der Waals surface area contributed by atoms with Gasteiger partial charge in [-0.05, 0) is 42.5 Å². The quantitative estimate of drug-likeness (QED) is 0.543. The highest BCUT2D eigenvalue weighted by molar-refractivity contribution is 6.30. The molecule has 0 radical (unpaired) electrons. The average Bonchev–Trinajstić information content (AvgIpc) is 3.19. The van der Waals surface area contributed by atoms with Crippen molar-refractivity contribution in [3.8, 4) is 34.7 Å². The maximum atomic E-state index is 12.2. The first kappa shape index (κ1) is 16.7. The summed E-state index contributed by atoms with van der Waals surface area (Å²) in [4.78, 5) is 16.5.